The molecule has 0 aliphatic heterocycles. The summed E-state index contributed by atoms with van der Waals surface area (Å²) in [5.41, 5.74) is 0.572. The minimum absolute atomic E-state index is 0.154. The highest BCUT2D eigenvalue weighted by molar-refractivity contribution is 5.94. The molecule has 5 nitrogen and oxygen atoms in total. The lowest BCUT2D eigenvalue weighted by Gasteiger charge is -2.15. The van der Waals surface area contributed by atoms with Crippen molar-refractivity contribution in [2.45, 2.75) is 38.0 Å². The van der Waals surface area contributed by atoms with Gasteiger partial charge in [-0.25, -0.2) is 18.0 Å². The lowest BCUT2D eigenvalue weighted by atomic mass is 10.1. The van der Waals surface area contributed by atoms with Crippen molar-refractivity contribution in [1.29, 1.82) is 0 Å². The zero-order valence-electron chi connectivity index (χ0n) is 14.9. The third kappa shape index (κ3) is 5.03. The molecule has 0 bridgehead atoms. The van der Waals surface area contributed by atoms with Crippen LogP contribution in [0.2, 0.25) is 0 Å². The second-order valence-corrected chi connectivity index (χ2v) is 6.64. The smallest absolute Gasteiger partial charge is 0.407 e. The molecule has 0 radical (unpaired) electrons. The molecule has 0 heterocycles. The summed E-state index contributed by atoms with van der Waals surface area (Å²) < 4.78 is 44.7. The van der Waals surface area contributed by atoms with Crippen molar-refractivity contribution in [3.8, 4) is 0 Å². The van der Waals surface area contributed by atoms with Crippen LogP contribution in [0.15, 0.2) is 42.5 Å². The minimum atomic E-state index is -1.62. The maximum absolute atomic E-state index is 13.3. The molecule has 8 heteroatoms. The van der Waals surface area contributed by atoms with Crippen LogP contribution in [-0.4, -0.2) is 24.1 Å². The van der Waals surface area contributed by atoms with E-state index >= 15 is 0 Å². The number of alkyl carbamates (subject to hydrolysis) is 1. The first-order chi connectivity index (χ1) is 13.4. The van der Waals surface area contributed by atoms with E-state index < -0.39 is 29.5 Å². The van der Waals surface area contributed by atoms with Crippen LogP contribution in [0.1, 0.15) is 35.2 Å². The zero-order valence-corrected chi connectivity index (χ0v) is 14.9. The van der Waals surface area contributed by atoms with Crippen LogP contribution in [-0.2, 0) is 11.3 Å². The highest BCUT2D eigenvalue weighted by Crippen LogP contribution is 2.21. The van der Waals surface area contributed by atoms with E-state index in [1.54, 1.807) is 0 Å². The number of hydrogen-bond donors (Lipinski definition) is 2. The van der Waals surface area contributed by atoms with Crippen molar-refractivity contribution < 1.29 is 27.5 Å². The molecule has 2 unspecified atom stereocenters. The molecule has 2 N–H and O–H groups in total. The van der Waals surface area contributed by atoms with Crippen molar-refractivity contribution in [1.82, 2.24) is 10.6 Å². The summed E-state index contributed by atoms with van der Waals surface area (Å²) in [6.45, 7) is 0.154. The molecule has 2 aromatic carbocycles. The second kappa shape index (κ2) is 8.77. The first-order valence-corrected chi connectivity index (χ1v) is 8.85. The van der Waals surface area contributed by atoms with Gasteiger partial charge in [-0.05, 0) is 37.0 Å². The van der Waals surface area contributed by atoms with Gasteiger partial charge in [0.15, 0.2) is 17.5 Å². The summed E-state index contributed by atoms with van der Waals surface area (Å²) in [4.78, 5) is 24.0. The Morgan fingerprint density at radius 3 is 2.21 bits per heavy atom. The van der Waals surface area contributed by atoms with E-state index in [2.05, 4.69) is 10.6 Å². The summed E-state index contributed by atoms with van der Waals surface area (Å²) in [6.07, 6.45) is 1.11. The number of amides is 2. The lowest BCUT2D eigenvalue weighted by molar-refractivity contribution is 0.0936. The summed E-state index contributed by atoms with van der Waals surface area (Å²) in [5, 5.41) is 5.38. The first-order valence-electron chi connectivity index (χ1n) is 8.85. The summed E-state index contributed by atoms with van der Waals surface area (Å²) in [6, 6.07) is 10.1. The number of rotatable bonds is 5. The van der Waals surface area contributed by atoms with Crippen LogP contribution < -0.4 is 10.6 Å². The number of hydrogen-bond acceptors (Lipinski definition) is 3. The first kappa shape index (κ1) is 19.7. The minimum Gasteiger partial charge on any atom is -0.445 e. The fraction of sp³-hybridized carbons (Fsp3) is 0.300. The van der Waals surface area contributed by atoms with Crippen molar-refractivity contribution in [3.05, 3.63) is 71.0 Å². The fourth-order valence-corrected chi connectivity index (χ4v) is 3.13. The van der Waals surface area contributed by atoms with Gasteiger partial charge in [-0.15, -0.1) is 0 Å². The molecule has 0 spiro atoms. The number of ether oxygens (including phenoxy) is 1. The quantitative estimate of drug-likeness (QED) is 0.763. The molecular formula is C20H19F3N2O3. The van der Waals surface area contributed by atoms with Gasteiger partial charge in [0.2, 0.25) is 0 Å². The van der Waals surface area contributed by atoms with E-state index in [-0.39, 0.29) is 24.3 Å². The molecule has 0 saturated heterocycles. The molecule has 2 amide bonds. The Hall–Kier alpha value is -3.03. The second-order valence-electron chi connectivity index (χ2n) is 6.64. The van der Waals surface area contributed by atoms with Crippen molar-refractivity contribution in [2.75, 3.05) is 0 Å². The van der Waals surface area contributed by atoms with Crippen LogP contribution >= 0.6 is 0 Å². The third-order valence-electron chi connectivity index (χ3n) is 4.55. The van der Waals surface area contributed by atoms with E-state index in [1.807, 2.05) is 30.3 Å². The van der Waals surface area contributed by atoms with Crippen LogP contribution in [0, 0.1) is 17.5 Å². The Labute approximate surface area is 159 Å². The predicted molar refractivity (Wildman–Crippen MR) is 95.0 cm³/mol. The van der Waals surface area contributed by atoms with Gasteiger partial charge in [-0.1, -0.05) is 30.3 Å². The molecule has 28 heavy (non-hydrogen) atoms. The average molecular weight is 392 g/mol. The van der Waals surface area contributed by atoms with Gasteiger partial charge < -0.3 is 15.4 Å². The predicted octanol–water partition coefficient (Wildman–Crippen LogP) is 3.68. The number of nitrogens with one attached hydrogen (secondary N) is 2. The van der Waals surface area contributed by atoms with Gasteiger partial charge in [0.25, 0.3) is 5.91 Å². The van der Waals surface area contributed by atoms with Gasteiger partial charge in [0.05, 0.1) is 0 Å². The SMILES string of the molecule is O=C(NC1CCC(NC(=O)c2cc(F)c(F)c(F)c2)C1)OCc1ccccc1. The third-order valence-corrected chi connectivity index (χ3v) is 4.55. The largest absolute Gasteiger partial charge is 0.445 e. The number of carbonyl (C=O) groups excluding carboxylic acids is 2. The van der Waals surface area contributed by atoms with Gasteiger partial charge in [0.1, 0.15) is 6.61 Å². The normalized spacial score (nSPS) is 18.5. The van der Waals surface area contributed by atoms with Crippen LogP contribution in [0.4, 0.5) is 18.0 Å². The number of carbonyl (C=O) groups is 2. The van der Waals surface area contributed by atoms with E-state index in [9.17, 15) is 22.8 Å². The highest BCUT2D eigenvalue weighted by atomic mass is 19.2. The maximum Gasteiger partial charge on any atom is 0.407 e. The number of benzene rings is 2. The lowest BCUT2D eigenvalue weighted by Crippen LogP contribution is -2.37. The highest BCUT2D eigenvalue weighted by Gasteiger charge is 2.28. The van der Waals surface area contributed by atoms with Crippen LogP contribution in [0.25, 0.3) is 0 Å². The van der Waals surface area contributed by atoms with Crippen LogP contribution in [0.3, 0.4) is 0 Å². The summed E-state index contributed by atoms with van der Waals surface area (Å²) >= 11 is 0. The number of halogens is 3. The van der Waals surface area contributed by atoms with E-state index in [0.29, 0.717) is 31.4 Å². The van der Waals surface area contributed by atoms with Crippen molar-refractivity contribution in [3.63, 3.8) is 0 Å². The fourth-order valence-electron chi connectivity index (χ4n) is 3.13. The molecule has 2 atom stereocenters. The zero-order chi connectivity index (χ0) is 20.1. The summed E-state index contributed by atoms with van der Waals surface area (Å²) in [5.74, 6) is -5.15. The molecule has 1 aliphatic carbocycles. The molecule has 1 aliphatic rings. The Morgan fingerprint density at radius 2 is 1.57 bits per heavy atom. The van der Waals surface area contributed by atoms with E-state index in [4.69, 9.17) is 4.74 Å². The van der Waals surface area contributed by atoms with Crippen molar-refractivity contribution >= 4 is 12.0 Å². The Bertz CT molecular complexity index is 838. The Morgan fingerprint density at radius 1 is 0.964 bits per heavy atom. The monoisotopic (exact) mass is 392 g/mol. The Balaban J connectivity index is 1.46. The van der Waals surface area contributed by atoms with Crippen molar-refractivity contribution in [2.24, 2.45) is 0 Å². The molecule has 1 saturated carbocycles. The van der Waals surface area contributed by atoms with Gasteiger partial charge in [0, 0.05) is 17.6 Å². The molecule has 3 rings (SSSR count). The molecule has 2 aromatic rings. The van der Waals surface area contributed by atoms with Gasteiger partial charge >= 0.3 is 6.09 Å². The average Bonchev–Trinajstić information content (AvgIpc) is 3.11. The van der Waals surface area contributed by atoms with E-state index in [0.717, 1.165) is 5.56 Å². The van der Waals surface area contributed by atoms with Gasteiger partial charge in [-0.2, -0.15) is 0 Å². The van der Waals surface area contributed by atoms with Gasteiger partial charge in [-0.3, -0.25) is 4.79 Å². The standard InChI is InChI=1S/C20H19F3N2O3/c21-16-8-13(9-17(22)18(16)23)19(26)24-14-6-7-15(10-14)25-20(27)28-11-12-4-2-1-3-5-12/h1-5,8-9,14-15H,6-7,10-11H2,(H,24,26)(H,25,27). The molecule has 0 aromatic heterocycles. The Kier molecular flexibility index (Phi) is 6.18. The maximum atomic E-state index is 13.3. The molecule has 148 valence electrons. The molecule has 1 fully saturated rings. The topological polar surface area (TPSA) is 67.4 Å². The van der Waals surface area contributed by atoms with Crippen LogP contribution in [0.5, 0.6) is 0 Å². The summed E-state index contributed by atoms with van der Waals surface area (Å²) in [7, 11) is 0. The van der Waals surface area contributed by atoms with E-state index in [1.165, 1.54) is 0 Å². The molecular weight excluding hydrogens is 373 g/mol.